The second kappa shape index (κ2) is 4.14. The molecule has 1 heterocycles. The summed E-state index contributed by atoms with van der Waals surface area (Å²) >= 11 is 0. The summed E-state index contributed by atoms with van der Waals surface area (Å²) in [6.45, 7) is 3.38. The van der Waals surface area contributed by atoms with Gasteiger partial charge in [0.2, 0.25) is 0 Å². The first-order chi connectivity index (χ1) is 6.49. The Bertz CT molecular complexity index is 400. The molecule has 0 aromatic carbocycles. The van der Waals surface area contributed by atoms with E-state index in [2.05, 4.69) is 9.72 Å². The number of aryl methyl sites for hydroxylation is 1. The summed E-state index contributed by atoms with van der Waals surface area (Å²) in [7, 11) is 5.15. The highest BCUT2D eigenvalue weighted by molar-refractivity contribution is 8.08. The predicted octanol–water partition coefficient (Wildman–Crippen LogP) is 1.68. The Morgan fingerprint density at radius 2 is 2.07 bits per heavy atom. The Morgan fingerprint density at radius 3 is 2.43 bits per heavy atom. The van der Waals surface area contributed by atoms with Crippen molar-refractivity contribution in [2.24, 2.45) is 0 Å². The van der Waals surface area contributed by atoms with Gasteiger partial charge in [-0.2, -0.15) is 0 Å². The molecule has 0 aliphatic heterocycles. The standard InChI is InChI=1S/C8H10ClNO3S/c1-4-6(8(11)13-3)10-5(2)7(4)14(9)12/h10H,1-3H3. The molecule has 1 aromatic rings. The highest BCUT2D eigenvalue weighted by atomic mass is 35.7. The lowest BCUT2D eigenvalue weighted by Gasteiger charge is -1.97. The van der Waals surface area contributed by atoms with E-state index in [9.17, 15) is 9.00 Å². The van der Waals surface area contributed by atoms with E-state index < -0.39 is 16.0 Å². The van der Waals surface area contributed by atoms with E-state index in [0.717, 1.165) is 0 Å². The van der Waals surface area contributed by atoms with Gasteiger partial charge < -0.3 is 9.72 Å². The fourth-order valence-electron chi connectivity index (χ4n) is 1.28. The number of aromatic nitrogens is 1. The third-order valence-corrected chi connectivity index (χ3v) is 3.31. The molecule has 6 heteroatoms. The van der Waals surface area contributed by atoms with E-state index in [0.29, 0.717) is 21.8 Å². The van der Waals surface area contributed by atoms with Crippen LogP contribution in [-0.2, 0) is 14.7 Å². The number of ether oxygens (including phenoxy) is 1. The van der Waals surface area contributed by atoms with Gasteiger partial charge in [0.05, 0.1) is 12.0 Å². The zero-order chi connectivity index (χ0) is 10.9. The Labute approximate surface area is 88.6 Å². The second-order valence-corrected chi connectivity index (χ2v) is 4.49. The number of carbonyl (C=O) groups is 1. The van der Waals surface area contributed by atoms with E-state index >= 15 is 0 Å². The van der Waals surface area contributed by atoms with Crippen molar-refractivity contribution in [2.45, 2.75) is 18.7 Å². The molecule has 1 unspecified atom stereocenters. The molecule has 1 atom stereocenters. The maximum atomic E-state index is 11.2. The van der Waals surface area contributed by atoms with Gasteiger partial charge in [-0.25, -0.2) is 9.00 Å². The Kier molecular flexibility index (Phi) is 3.34. The average molecular weight is 236 g/mol. The lowest BCUT2D eigenvalue weighted by molar-refractivity contribution is 0.0593. The third kappa shape index (κ3) is 1.83. The molecule has 0 aliphatic carbocycles. The number of aromatic amines is 1. The molecule has 78 valence electrons. The van der Waals surface area contributed by atoms with Crippen molar-refractivity contribution in [3.8, 4) is 0 Å². The number of nitrogens with one attached hydrogen (secondary N) is 1. The van der Waals surface area contributed by atoms with Crippen LogP contribution in [0.25, 0.3) is 0 Å². The summed E-state index contributed by atoms with van der Waals surface area (Å²) in [6, 6.07) is 0. The minimum atomic E-state index is -1.62. The molecule has 0 saturated carbocycles. The van der Waals surface area contributed by atoms with Crippen LogP contribution in [0.15, 0.2) is 4.90 Å². The van der Waals surface area contributed by atoms with Crippen LogP contribution in [-0.4, -0.2) is 22.3 Å². The molecular formula is C8H10ClNO3S. The van der Waals surface area contributed by atoms with Crippen LogP contribution in [0.5, 0.6) is 0 Å². The van der Waals surface area contributed by atoms with Crippen molar-refractivity contribution in [3.63, 3.8) is 0 Å². The van der Waals surface area contributed by atoms with Gasteiger partial charge in [-0.1, -0.05) is 0 Å². The molecule has 1 N–H and O–H groups in total. The lowest BCUT2D eigenvalue weighted by Crippen LogP contribution is -2.03. The molecule has 0 saturated heterocycles. The fourth-order valence-corrected chi connectivity index (χ4v) is 2.61. The molecule has 1 rings (SSSR count). The van der Waals surface area contributed by atoms with Crippen molar-refractivity contribution in [2.75, 3.05) is 7.11 Å². The number of methoxy groups -OCH3 is 1. The van der Waals surface area contributed by atoms with Crippen LogP contribution >= 0.6 is 10.7 Å². The van der Waals surface area contributed by atoms with E-state index in [4.69, 9.17) is 10.7 Å². The van der Waals surface area contributed by atoms with Gasteiger partial charge in [0.25, 0.3) is 0 Å². The Balaban J connectivity index is 3.30. The molecule has 1 aromatic heterocycles. The average Bonchev–Trinajstić information content (AvgIpc) is 2.40. The molecule has 0 radical (unpaired) electrons. The Hall–Kier alpha value is -0.810. The van der Waals surface area contributed by atoms with Gasteiger partial charge in [-0.15, -0.1) is 0 Å². The Morgan fingerprint density at radius 1 is 1.50 bits per heavy atom. The molecule has 0 bridgehead atoms. The largest absolute Gasteiger partial charge is 0.464 e. The number of rotatable bonds is 2. The van der Waals surface area contributed by atoms with Crippen molar-refractivity contribution >= 4 is 26.7 Å². The quantitative estimate of drug-likeness (QED) is 0.627. The van der Waals surface area contributed by atoms with Crippen molar-refractivity contribution in [3.05, 3.63) is 17.0 Å². The summed E-state index contributed by atoms with van der Waals surface area (Å²) in [4.78, 5) is 14.5. The van der Waals surface area contributed by atoms with Gasteiger partial charge in [0, 0.05) is 5.69 Å². The van der Waals surface area contributed by atoms with E-state index in [1.807, 2.05) is 0 Å². The SMILES string of the molecule is COC(=O)c1[nH]c(C)c(S(=O)Cl)c1C. The lowest BCUT2D eigenvalue weighted by atomic mass is 10.2. The number of carbonyl (C=O) groups excluding carboxylic acids is 1. The maximum absolute atomic E-state index is 11.2. The molecule has 14 heavy (non-hydrogen) atoms. The fraction of sp³-hybridized carbons (Fsp3) is 0.375. The molecule has 0 spiro atoms. The van der Waals surface area contributed by atoms with Crippen molar-refractivity contribution < 1.29 is 13.7 Å². The predicted molar refractivity (Wildman–Crippen MR) is 53.9 cm³/mol. The van der Waals surface area contributed by atoms with Gasteiger partial charge in [-0.05, 0) is 30.1 Å². The second-order valence-electron chi connectivity index (χ2n) is 2.79. The maximum Gasteiger partial charge on any atom is 0.354 e. The highest BCUT2D eigenvalue weighted by Crippen LogP contribution is 2.23. The summed E-state index contributed by atoms with van der Waals surface area (Å²) in [6.07, 6.45) is 0. The number of H-pyrrole nitrogens is 1. The minimum Gasteiger partial charge on any atom is -0.464 e. The first kappa shape index (κ1) is 11.3. The van der Waals surface area contributed by atoms with Crippen LogP contribution < -0.4 is 0 Å². The zero-order valence-electron chi connectivity index (χ0n) is 8.01. The van der Waals surface area contributed by atoms with Crippen LogP contribution in [0.3, 0.4) is 0 Å². The zero-order valence-corrected chi connectivity index (χ0v) is 9.58. The summed E-state index contributed by atoms with van der Waals surface area (Å²) in [5.74, 6) is -0.487. The van der Waals surface area contributed by atoms with Crippen LogP contribution in [0.1, 0.15) is 21.7 Å². The van der Waals surface area contributed by atoms with Crippen molar-refractivity contribution in [1.29, 1.82) is 0 Å². The van der Waals surface area contributed by atoms with E-state index in [1.54, 1.807) is 13.8 Å². The van der Waals surface area contributed by atoms with Gasteiger partial charge in [0.1, 0.15) is 15.7 Å². The van der Waals surface area contributed by atoms with E-state index in [-0.39, 0.29) is 0 Å². The van der Waals surface area contributed by atoms with Gasteiger partial charge >= 0.3 is 5.97 Å². The monoisotopic (exact) mass is 235 g/mol. The third-order valence-electron chi connectivity index (χ3n) is 1.92. The van der Waals surface area contributed by atoms with Crippen LogP contribution in [0.2, 0.25) is 0 Å². The summed E-state index contributed by atoms with van der Waals surface area (Å²) in [5.41, 5.74) is 1.49. The number of halogens is 1. The van der Waals surface area contributed by atoms with Gasteiger partial charge in [-0.3, -0.25) is 0 Å². The smallest absolute Gasteiger partial charge is 0.354 e. The molecule has 4 nitrogen and oxygen atoms in total. The summed E-state index contributed by atoms with van der Waals surface area (Å²) in [5, 5.41) is 0. The first-order valence-electron chi connectivity index (χ1n) is 3.84. The van der Waals surface area contributed by atoms with Crippen molar-refractivity contribution in [1.82, 2.24) is 4.98 Å². The van der Waals surface area contributed by atoms with Crippen LogP contribution in [0.4, 0.5) is 0 Å². The first-order valence-corrected chi connectivity index (χ1v) is 5.82. The summed E-state index contributed by atoms with van der Waals surface area (Å²) < 4.78 is 15.7. The van der Waals surface area contributed by atoms with E-state index in [1.165, 1.54) is 7.11 Å². The van der Waals surface area contributed by atoms with Crippen LogP contribution in [0, 0.1) is 13.8 Å². The molecule has 0 amide bonds. The minimum absolute atomic E-state index is 0.300. The number of hydrogen-bond donors (Lipinski definition) is 1. The molecular weight excluding hydrogens is 226 g/mol. The normalized spacial score (nSPS) is 12.6. The molecule has 0 aliphatic rings. The topological polar surface area (TPSA) is 59.2 Å². The number of hydrogen-bond acceptors (Lipinski definition) is 3. The molecule has 0 fully saturated rings. The number of esters is 1. The van der Waals surface area contributed by atoms with Gasteiger partial charge in [0.15, 0.2) is 0 Å². The highest BCUT2D eigenvalue weighted by Gasteiger charge is 2.20.